The van der Waals surface area contributed by atoms with Crippen molar-refractivity contribution in [3.8, 4) is 0 Å². The Labute approximate surface area is 167 Å². The lowest BCUT2D eigenvalue weighted by Gasteiger charge is -2.33. The fourth-order valence-electron chi connectivity index (χ4n) is 5.08. The summed E-state index contributed by atoms with van der Waals surface area (Å²) in [6.45, 7) is 5.80. The zero-order valence-electron chi connectivity index (χ0n) is 16.2. The molecule has 0 spiro atoms. The Morgan fingerprint density at radius 2 is 1.78 bits per heavy atom. The van der Waals surface area contributed by atoms with Crippen LogP contribution in [0.4, 0.5) is 0 Å². The van der Waals surface area contributed by atoms with Crippen molar-refractivity contribution in [2.24, 2.45) is 0 Å². The van der Waals surface area contributed by atoms with Gasteiger partial charge in [0.2, 0.25) is 5.91 Å². The topological polar surface area (TPSA) is 32.8 Å². The van der Waals surface area contributed by atoms with Crippen LogP contribution < -0.4 is 0 Å². The number of halogens is 1. The van der Waals surface area contributed by atoms with Crippen molar-refractivity contribution in [1.29, 1.82) is 0 Å². The number of hydrogen-bond donors (Lipinski definition) is 0. The van der Waals surface area contributed by atoms with Crippen LogP contribution in [-0.4, -0.2) is 61.1 Å². The first-order valence-electron chi connectivity index (χ1n) is 10.6. The van der Waals surface area contributed by atoms with E-state index in [1.165, 1.54) is 25.9 Å². The Hall–Kier alpha value is -1.10. The van der Waals surface area contributed by atoms with E-state index in [0.29, 0.717) is 5.91 Å². The SMILES string of the molecule is O=C(N1CCC(OCCN2CCCC2)C1)C1(c2ccc(Cl)cc2)CCCC1. The molecule has 3 aliphatic rings. The van der Waals surface area contributed by atoms with Crippen molar-refractivity contribution in [1.82, 2.24) is 9.80 Å². The summed E-state index contributed by atoms with van der Waals surface area (Å²) in [5, 5.41) is 0.729. The van der Waals surface area contributed by atoms with Crippen LogP contribution in [-0.2, 0) is 14.9 Å². The fraction of sp³-hybridized carbons (Fsp3) is 0.682. The zero-order chi connectivity index (χ0) is 18.7. The van der Waals surface area contributed by atoms with E-state index in [1.807, 2.05) is 24.3 Å². The van der Waals surface area contributed by atoms with Gasteiger partial charge in [0.25, 0.3) is 0 Å². The molecule has 1 unspecified atom stereocenters. The van der Waals surface area contributed by atoms with Crippen LogP contribution in [0.2, 0.25) is 5.02 Å². The van der Waals surface area contributed by atoms with E-state index in [1.54, 1.807) is 0 Å². The molecule has 2 saturated heterocycles. The molecule has 1 aromatic rings. The Bertz CT molecular complexity index is 636. The molecule has 2 aliphatic heterocycles. The van der Waals surface area contributed by atoms with E-state index in [4.69, 9.17) is 16.3 Å². The van der Waals surface area contributed by atoms with Gasteiger partial charge in [0.1, 0.15) is 0 Å². The van der Waals surface area contributed by atoms with Gasteiger partial charge in [-0.2, -0.15) is 0 Å². The molecule has 1 aliphatic carbocycles. The second kappa shape index (κ2) is 8.50. The molecule has 0 radical (unpaired) electrons. The van der Waals surface area contributed by atoms with E-state index in [9.17, 15) is 4.79 Å². The Morgan fingerprint density at radius 3 is 2.48 bits per heavy atom. The second-order valence-electron chi connectivity index (χ2n) is 8.38. The molecule has 27 heavy (non-hydrogen) atoms. The molecule has 1 atom stereocenters. The van der Waals surface area contributed by atoms with Gasteiger partial charge in [-0.15, -0.1) is 0 Å². The minimum Gasteiger partial charge on any atom is -0.375 e. The lowest BCUT2D eigenvalue weighted by atomic mass is 9.77. The molecule has 1 aromatic carbocycles. The van der Waals surface area contributed by atoms with Crippen LogP contribution in [0.15, 0.2) is 24.3 Å². The normalized spacial score (nSPS) is 25.4. The van der Waals surface area contributed by atoms with Gasteiger partial charge in [0, 0.05) is 24.7 Å². The summed E-state index contributed by atoms with van der Waals surface area (Å²) in [4.78, 5) is 18.0. The Kier molecular flexibility index (Phi) is 6.05. The molecule has 5 heteroatoms. The summed E-state index contributed by atoms with van der Waals surface area (Å²) < 4.78 is 6.11. The molecule has 148 valence electrons. The smallest absolute Gasteiger partial charge is 0.233 e. The minimum atomic E-state index is -0.352. The van der Waals surface area contributed by atoms with Crippen molar-refractivity contribution in [2.45, 2.75) is 56.5 Å². The Balaban J connectivity index is 1.35. The van der Waals surface area contributed by atoms with Crippen LogP contribution >= 0.6 is 11.6 Å². The molecule has 4 nitrogen and oxygen atoms in total. The van der Waals surface area contributed by atoms with Crippen molar-refractivity contribution in [3.63, 3.8) is 0 Å². The van der Waals surface area contributed by atoms with E-state index >= 15 is 0 Å². The third-order valence-electron chi connectivity index (χ3n) is 6.66. The molecule has 0 bridgehead atoms. The van der Waals surface area contributed by atoms with Crippen LogP contribution in [0.3, 0.4) is 0 Å². The van der Waals surface area contributed by atoms with E-state index in [-0.39, 0.29) is 11.5 Å². The molecule has 3 fully saturated rings. The van der Waals surface area contributed by atoms with Crippen molar-refractivity contribution >= 4 is 17.5 Å². The number of benzene rings is 1. The van der Waals surface area contributed by atoms with Crippen molar-refractivity contribution in [2.75, 3.05) is 39.3 Å². The highest BCUT2D eigenvalue weighted by atomic mass is 35.5. The predicted molar refractivity (Wildman–Crippen MR) is 108 cm³/mol. The zero-order valence-corrected chi connectivity index (χ0v) is 16.9. The second-order valence-corrected chi connectivity index (χ2v) is 8.81. The number of nitrogens with zero attached hydrogens (tertiary/aromatic N) is 2. The first-order chi connectivity index (χ1) is 13.2. The van der Waals surface area contributed by atoms with Crippen molar-refractivity contribution in [3.05, 3.63) is 34.9 Å². The summed E-state index contributed by atoms with van der Waals surface area (Å²) in [6.07, 6.45) is 7.93. The summed E-state index contributed by atoms with van der Waals surface area (Å²) in [5.41, 5.74) is 0.780. The summed E-state index contributed by atoms with van der Waals surface area (Å²) >= 11 is 6.07. The van der Waals surface area contributed by atoms with Gasteiger partial charge in [0.15, 0.2) is 0 Å². The summed E-state index contributed by atoms with van der Waals surface area (Å²) in [7, 11) is 0. The number of hydrogen-bond acceptors (Lipinski definition) is 3. The number of carbonyl (C=O) groups is 1. The lowest BCUT2D eigenvalue weighted by molar-refractivity contribution is -0.136. The van der Waals surface area contributed by atoms with Gasteiger partial charge in [-0.25, -0.2) is 0 Å². The van der Waals surface area contributed by atoms with Crippen LogP contribution in [0.25, 0.3) is 0 Å². The van der Waals surface area contributed by atoms with E-state index < -0.39 is 0 Å². The maximum absolute atomic E-state index is 13.5. The lowest BCUT2D eigenvalue weighted by Crippen LogP contribution is -2.45. The molecule has 2 heterocycles. The summed E-state index contributed by atoms with van der Waals surface area (Å²) in [5.74, 6) is 0.299. The Morgan fingerprint density at radius 1 is 1.07 bits per heavy atom. The van der Waals surface area contributed by atoms with Gasteiger partial charge >= 0.3 is 0 Å². The van der Waals surface area contributed by atoms with Crippen LogP contribution in [0.1, 0.15) is 50.5 Å². The molecular formula is C22H31ClN2O2. The quantitative estimate of drug-likeness (QED) is 0.739. The molecule has 0 N–H and O–H groups in total. The molecule has 1 saturated carbocycles. The van der Waals surface area contributed by atoms with Crippen LogP contribution in [0.5, 0.6) is 0 Å². The highest BCUT2D eigenvalue weighted by molar-refractivity contribution is 6.30. The van der Waals surface area contributed by atoms with Gasteiger partial charge in [0.05, 0.1) is 18.1 Å². The molecule has 1 amide bonds. The van der Waals surface area contributed by atoms with Gasteiger partial charge in [-0.05, 0) is 62.9 Å². The monoisotopic (exact) mass is 390 g/mol. The van der Waals surface area contributed by atoms with Crippen LogP contribution in [0, 0.1) is 0 Å². The molecule has 4 rings (SSSR count). The molecular weight excluding hydrogens is 360 g/mol. The minimum absolute atomic E-state index is 0.195. The van der Waals surface area contributed by atoms with Crippen molar-refractivity contribution < 1.29 is 9.53 Å². The first-order valence-corrected chi connectivity index (χ1v) is 10.9. The number of likely N-dealkylation sites (tertiary alicyclic amines) is 2. The maximum Gasteiger partial charge on any atom is 0.233 e. The first kappa shape index (κ1) is 19.2. The third-order valence-corrected chi connectivity index (χ3v) is 6.91. The largest absolute Gasteiger partial charge is 0.375 e. The number of carbonyl (C=O) groups excluding carboxylic acids is 1. The number of ether oxygens (including phenoxy) is 1. The number of amides is 1. The molecule has 0 aromatic heterocycles. The third kappa shape index (κ3) is 4.18. The van der Waals surface area contributed by atoms with E-state index in [2.05, 4.69) is 9.80 Å². The fourth-order valence-corrected chi connectivity index (χ4v) is 5.21. The van der Waals surface area contributed by atoms with Gasteiger partial charge in [-0.3, -0.25) is 4.79 Å². The standard InChI is InChI=1S/C22H31ClN2O2/c23-19-7-5-18(6-8-19)22(10-1-2-11-22)21(26)25-14-9-20(17-25)27-16-15-24-12-3-4-13-24/h5-8,20H,1-4,9-17H2. The average molecular weight is 391 g/mol. The predicted octanol–water partition coefficient (Wildman–Crippen LogP) is 3.87. The van der Waals surface area contributed by atoms with Gasteiger partial charge in [-0.1, -0.05) is 36.6 Å². The highest BCUT2D eigenvalue weighted by Crippen LogP contribution is 2.43. The maximum atomic E-state index is 13.5. The average Bonchev–Trinajstić information content (AvgIpc) is 3.44. The van der Waals surface area contributed by atoms with Gasteiger partial charge < -0.3 is 14.5 Å². The van der Waals surface area contributed by atoms with E-state index in [0.717, 1.165) is 68.9 Å². The highest BCUT2D eigenvalue weighted by Gasteiger charge is 2.46. The summed E-state index contributed by atoms with van der Waals surface area (Å²) in [6, 6.07) is 7.92. The number of rotatable bonds is 6.